The SMILES string of the molecule is CC1(C)CC(=O)c2nnn(-c3ccc(Br)cc3)c2C1. The van der Waals surface area contributed by atoms with Crippen molar-refractivity contribution >= 4 is 21.7 Å². The molecule has 1 aliphatic rings. The maximum absolute atomic E-state index is 12.1. The van der Waals surface area contributed by atoms with Crippen LogP contribution in [0.3, 0.4) is 0 Å². The van der Waals surface area contributed by atoms with Crippen LogP contribution in [0.1, 0.15) is 36.5 Å². The fourth-order valence-electron chi connectivity index (χ4n) is 2.50. The Hall–Kier alpha value is -1.49. The number of carbonyl (C=O) groups is 1. The predicted octanol–water partition coefficient (Wildman–Crippen LogP) is 3.18. The van der Waals surface area contributed by atoms with Gasteiger partial charge in [0.05, 0.1) is 11.4 Å². The summed E-state index contributed by atoms with van der Waals surface area (Å²) in [4.78, 5) is 12.1. The fraction of sp³-hybridized carbons (Fsp3) is 0.357. The molecule has 98 valence electrons. The first kappa shape index (κ1) is 12.5. The van der Waals surface area contributed by atoms with Crippen molar-refractivity contribution in [1.29, 1.82) is 0 Å². The molecule has 2 aromatic rings. The molecule has 0 N–H and O–H groups in total. The summed E-state index contributed by atoms with van der Waals surface area (Å²) in [5.41, 5.74) is 2.35. The topological polar surface area (TPSA) is 47.8 Å². The lowest BCUT2D eigenvalue weighted by molar-refractivity contribution is 0.0905. The highest BCUT2D eigenvalue weighted by molar-refractivity contribution is 9.10. The first-order chi connectivity index (χ1) is 8.96. The minimum absolute atomic E-state index is 0.0289. The summed E-state index contributed by atoms with van der Waals surface area (Å²) in [6.45, 7) is 4.21. The number of hydrogen-bond acceptors (Lipinski definition) is 3. The van der Waals surface area contributed by atoms with Gasteiger partial charge in [0.15, 0.2) is 11.5 Å². The van der Waals surface area contributed by atoms with Crippen LogP contribution in [0.15, 0.2) is 28.7 Å². The van der Waals surface area contributed by atoms with E-state index in [0.29, 0.717) is 12.1 Å². The van der Waals surface area contributed by atoms with E-state index in [1.807, 2.05) is 24.3 Å². The van der Waals surface area contributed by atoms with E-state index in [2.05, 4.69) is 40.1 Å². The normalized spacial score (nSPS) is 17.3. The van der Waals surface area contributed by atoms with Crippen molar-refractivity contribution in [3.8, 4) is 5.69 Å². The largest absolute Gasteiger partial charge is 0.292 e. The molecule has 1 heterocycles. The van der Waals surface area contributed by atoms with Crippen molar-refractivity contribution in [2.75, 3.05) is 0 Å². The number of aromatic nitrogens is 3. The lowest BCUT2D eigenvalue weighted by atomic mass is 9.77. The van der Waals surface area contributed by atoms with Gasteiger partial charge >= 0.3 is 0 Å². The van der Waals surface area contributed by atoms with Crippen LogP contribution >= 0.6 is 15.9 Å². The van der Waals surface area contributed by atoms with Crippen LogP contribution in [-0.4, -0.2) is 20.8 Å². The van der Waals surface area contributed by atoms with Crippen LogP contribution in [0.5, 0.6) is 0 Å². The molecular weight excluding hydrogens is 306 g/mol. The Morgan fingerprint density at radius 2 is 1.89 bits per heavy atom. The summed E-state index contributed by atoms with van der Waals surface area (Å²) < 4.78 is 2.79. The fourth-order valence-corrected chi connectivity index (χ4v) is 2.77. The third-order valence-electron chi connectivity index (χ3n) is 3.38. The molecule has 3 rings (SSSR count). The van der Waals surface area contributed by atoms with Crippen molar-refractivity contribution in [2.24, 2.45) is 5.41 Å². The van der Waals surface area contributed by atoms with Gasteiger partial charge in [0, 0.05) is 10.9 Å². The molecule has 0 unspecified atom stereocenters. The molecule has 5 heteroatoms. The quantitative estimate of drug-likeness (QED) is 0.811. The molecule has 0 aliphatic heterocycles. The van der Waals surface area contributed by atoms with Gasteiger partial charge < -0.3 is 0 Å². The zero-order valence-corrected chi connectivity index (χ0v) is 12.4. The number of hydrogen-bond donors (Lipinski definition) is 0. The lowest BCUT2D eigenvalue weighted by Gasteiger charge is -2.27. The Morgan fingerprint density at radius 1 is 1.21 bits per heavy atom. The Balaban J connectivity index is 2.11. The molecule has 0 saturated carbocycles. The molecule has 0 amide bonds. The average Bonchev–Trinajstić information content (AvgIpc) is 2.72. The number of carbonyl (C=O) groups excluding carboxylic acids is 1. The first-order valence-corrected chi connectivity index (χ1v) is 6.99. The molecule has 19 heavy (non-hydrogen) atoms. The number of rotatable bonds is 1. The molecule has 0 atom stereocenters. The van der Waals surface area contributed by atoms with E-state index in [-0.39, 0.29) is 11.2 Å². The summed E-state index contributed by atoms with van der Waals surface area (Å²) in [5.74, 6) is 0.0922. The van der Waals surface area contributed by atoms with Gasteiger partial charge in [-0.2, -0.15) is 0 Å². The Morgan fingerprint density at radius 3 is 2.58 bits per heavy atom. The number of nitrogens with zero attached hydrogens (tertiary/aromatic N) is 3. The van der Waals surface area contributed by atoms with Gasteiger partial charge in [-0.15, -0.1) is 5.10 Å². The number of halogens is 1. The lowest BCUT2D eigenvalue weighted by Crippen LogP contribution is -2.28. The van der Waals surface area contributed by atoms with Crippen LogP contribution < -0.4 is 0 Å². The Kier molecular flexibility index (Phi) is 2.82. The van der Waals surface area contributed by atoms with E-state index in [1.54, 1.807) is 4.68 Å². The molecule has 0 saturated heterocycles. The van der Waals surface area contributed by atoms with E-state index in [4.69, 9.17) is 0 Å². The Labute approximate surface area is 119 Å². The monoisotopic (exact) mass is 319 g/mol. The zero-order chi connectivity index (χ0) is 13.6. The second kappa shape index (κ2) is 4.27. The summed E-state index contributed by atoms with van der Waals surface area (Å²) in [6, 6.07) is 7.84. The second-order valence-corrected chi connectivity index (χ2v) is 6.63. The van der Waals surface area contributed by atoms with Gasteiger partial charge in [0.25, 0.3) is 0 Å². The van der Waals surface area contributed by atoms with Gasteiger partial charge in [-0.25, -0.2) is 4.68 Å². The maximum atomic E-state index is 12.1. The standard InChI is InChI=1S/C14H14BrN3O/c1-14(2)7-11-13(12(19)8-14)16-17-18(11)10-5-3-9(15)4-6-10/h3-6H,7-8H2,1-2H3. The molecule has 0 radical (unpaired) electrons. The third-order valence-corrected chi connectivity index (χ3v) is 3.91. The molecule has 0 spiro atoms. The minimum atomic E-state index is -0.0289. The highest BCUT2D eigenvalue weighted by Gasteiger charge is 2.35. The van der Waals surface area contributed by atoms with E-state index in [0.717, 1.165) is 22.3 Å². The molecule has 0 bridgehead atoms. The van der Waals surface area contributed by atoms with Crippen molar-refractivity contribution in [2.45, 2.75) is 26.7 Å². The van der Waals surface area contributed by atoms with Gasteiger partial charge in [0.2, 0.25) is 0 Å². The second-order valence-electron chi connectivity index (χ2n) is 5.71. The molecule has 1 aliphatic carbocycles. The van der Waals surface area contributed by atoms with E-state index >= 15 is 0 Å². The van der Waals surface area contributed by atoms with E-state index < -0.39 is 0 Å². The van der Waals surface area contributed by atoms with Crippen LogP contribution in [0.25, 0.3) is 5.69 Å². The number of ketones is 1. The van der Waals surface area contributed by atoms with E-state index in [9.17, 15) is 4.79 Å². The molecule has 4 nitrogen and oxygen atoms in total. The Bertz CT molecular complexity index is 643. The van der Waals surface area contributed by atoms with Crippen molar-refractivity contribution in [1.82, 2.24) is 15.0 Å². The molecule has 0 fully saturated rings. The number of fused-ring (bicyclic) bond motifs is 1. The smallest absolute Gasteiger partial charge is 0.185 e. The summed E-state index contributed by atoms with van der Waals surface area (Å²) in [6.07, 6.45) is 1.36. The van der Waals surface area contributed by atoms with Gasteiger partial charge in [0.1, 0.15) is 0 Å². The third kappa shape index (κ3) is 2.23. The molecule has 1 aromatic heterocycles. The number of Topliss-reactive ketones (excluding diaryl/α,β-unsaturated/α-hetero) is 1. The van der Waals surface area contributed by atoms with Gasteiger partial charge in [-0.05, 0) is 36.1 Å². The molecule has 1 aromatic carbocycles. The number of benzene rings is 1. The van der Waals surface area contributed by atoms with E-state index in [1.165, 1.54) is 0 Å². The molecular formula is C14H14BrN3O. The van der Waals surface area contributed by atoms with Crippen molar-refractivity contribution in [3.05, 3.63) is 40.1 Å². The van der Waals surface area contributed by atoms with Gasteiger partial charge in [-0.1, -0.05) is 35.0 Å². The highest BCUT2D eigenvalue weighted by Crippen LogP contribution is 2.34. The van der Waals surface area contributed by atoms with Gasteiger partial charge in [-0.3, -0.25) is 4.79 Å². The highest BCUT2D eigenvalue weighted by atomic mass is 79.9. The van der Waals surface area contributed by atoms with Crippen LogP contribution in [0.4, 0.5) is 0 Å². The summed E-state index contributed by atoms with van der Waals surface area (Å²) in [7, 11) is 0. The summed E-state index contributed by atoms with van der Waals surface area (Å²) in [5, 5.41) is 8.20. The zero-order valence-electron chi connectivity index (χ0n) is 10.9. The maximum Gasteiger partial charge on any atom is 0.185 e. The van der Waals surface area contributed by atoms with Crippen LogP contribution in [0.2, 0.25) is 0 Å². The minimum Gasteiger partial charge on any atom is -0.292 e. The average molecular weight is 320 g/mol. The van der Waals surface area contributed by atoms with Crippen molar-refractivity contribution < 1.29 is 4.79 Å². The first-order valence-electron chi connectivity index (χ1n) is 6.20. The van der Waals surface area contributed by atoms with Crippen molar-refractivity contribution in [3.63, 3.8) is 0 Å². The predicted molar refractivity (Wildman–Crippen MR) is 75.5 cm³/mol. The van der Waals surface area contributed by atoms with Crippen LogP contribution in [-0.2, 0) is 6.42 Å². The van der Waals surface area contributed by atoms with Crippen LogP contribution in [0, 0.1) is 5.41 Å². The summed E-state index contributed by atoms with van der Waals surface area (Å²) >= 11 is 3.41.